The Hall–Kier alpha value is -2.92. The molecule has 5 heteroatoms. The van der Waals surface area contributed by atoms with Crippen LogP contribution in [0.2, 0.25) is 0 Å². The first-order chi connectivity index (χ1) is 13.0. The van der Waals surface area contributed by atoms with E-state index in [0.717, 1.165) is 25.1 Å². The lowest BCUT2D eigenvalue weighted by molar-refractivity contribution is 0.0924. The van der Waals surface area contributed by atoms with Crippen molar-refractivity contribution in [2.45, 2.75) is 19.9 Å². The highest BCUT2D eigenvalue weighted by atomic mass is 16.3. The zero-order valence-corrected chi connectivity index (χ0v) is 15.7. The summed E-state index contributed by atoms with van der Waals surface area (Å²) in [5.41, 5.74) is 2.47. The van der Waals surface area contributed by atoms with Crippen LogP contribution < -0.4 is 10.7 Å². The van der Waals surface area contributed by atoms with Gasteiger partial charge in [0.1, 0.15) is 5.58 Å². The minimum absolute atomic E-state index is 0.0500. The molecule has 1 heterocycles. The Morgan fingerprint density at radius 2 is 1.89 bits per heavy atom. The molecule has 2 aromatic carbocycles. The Bertz CT molecular complexity index is 980. The van der Waals surface area contributed by atoms with Crippen LogP contribution in [0.1, 0.15) is 28.1 Å². The van der Waals surface area contributed by atoms with Crippen molar-refractivity contribution < 1.29 is 9.21 Å². The number of amides is 1. The number of aryl methyl sites for hydroxylation is 1. The third-order valence-corrected chi connectivity index (χ3v) is 4.40. The molecule has 1 aromatic heterocycles. The van der Waals surface area contributed by atoms with E-state index in [9.17, 15) is 9.59 Å². The molecule has 0 bridgehead atoms. The Kier molecular flexibility index (Phi) is 6.04. The summed E-state index contributed by atoms with van der Waals surface area (Å²) in [6.07, 6.45) is 0.812. The van der Waals surface area contributed by atoms with Crippen molar-refractivity contribution >= 4 is 16.9 Å². The van der Waals surface area contributed by atoms with Crippen LogP contribution in [0.25, 0.3) is 11.0 Å². The van der Waals surface area contributed by atoms with Gasteiger partial charge in [-0.3, -0.25) is 9.59 Å². The monoisotopic (exact) mass is 364 g/mol. The predicted molar refractivity (Wildman–Crippen MR) is 107 cm³/mol. The van der Waals surface area contributed by atoms with E-state index in [4.69, 9.17) is 4.42 Å². The minimum Gasteiger partial charge on any atom is -0.451 e. The van der Waals surface area contributed by atoms with Gasteiger partial charge in [0.15, 0.2) is 11.2 Å². The summed E-state index contributed by atoms with van der Waals surface area (Å²) in [5.74, 6) is -0.311. The highest BCUT2D eigenvalue weighted by Gasteiger charge is 2.12. The molecular weight excluding hydrogens is 340 g/mol. The molecule has 0 aliphatic rings. The van der Waals surface area contributed by atoms with E-state index in [2.05, 4.69) is 29.4 Å². The third kappa shape index (κ3) is 5.05. The SMILES string of the molecule is Cc1ccc2oc(C(=O)NCCCN(C)Cc3ccccc3)cc(=O)c2c1. The second kappa shape index (κ2) is 8.64. The first-order valence-corrected chi connectivity index (χ1v) is 9.08. The van der Waals surface area contributed by atoms with E-state index in [1.807, 2.05) is 31.2 Å². The maximum absolute atomic E-state index is 12.3. The van der Waals surface area contributed by atoms with Gasteiger partial charge in [0.2, 0.25) is 0 Å². The topological polar surface area (TPSA) is 62.6 Å². The fourth-order valence-corrected chi connectivity index (χ4v) is 2.99. The molecule has 1 N–H and O–H groups in total. The van der Waals surface area contributed by atoms with E-state index in [1.165, 1.54) is 11.6 Å². The number of hydrogen-bond acceptors (Lipinski definition) is 4. The summed E-state index contributed by atoms with van der Waals surface area (Å²) in [4.78, 5) is 26.7. The largest absolute Gasteiger partial charge is 0.451 e. The van der Waals surface area contributed by atoms with Crippen molar-refractivity contribution in [2.24, 2.45) is 0 Å². The average Bonchev–Trinajstić information content (AvgIpc) is 2.66. The lowest BCUT2D eigenvalue weighted by Crippen LogP contribution is -2.28. The molecular formula is C22H24N2O3. The molecule has 0 aliphatic heterocycles. The maximum Gasteiger partial charge on any atom is 0.287 e. The van der Waals surface area contributed by atoms with Gasteiger partial charge in [0.25, 0.3) is 5.91 Å². The van der Waals surface area contributed by atoms with E-state index in [-0.39, 0.29) is 17.1 Å². The van der Waals surface area contributed by atoms with Gasteiger partial charge in [-0.05, 0) is 44.6 Å². The van der Waals surface area contributed by atoms with Gasteiger partial charge in [-0.2, -0.15) is 0 Å². The molecule has 3 aromatic rings. The first-order valence-electron chi connectivity index (χ1n) is 9.08. The molecule has 140 valence electrons. The van der Waals surface area contributed by atoms with Gasteiger partial charge < -0.3 is 14.6 Å². The van der Waals surface area contributed by atoms with Crippen LogP contribution in [-0.2, 0) is 6.54 Å². The zero-order chi connectivity index (χ0) is 19.2. The molecule has 1 amide bonds. The lowest BCUT2D eigenvalue weighted by Gasteiger charge is -2.16. The van der Waals surface area contributed by atoms with Crippen LogP contribution in [-0.4, -0.2) is 30.9 Å². The standard InChI is InChI=1S/C22H24N2O3/c1-16-9-10-20-18(13-16)19(25)14-21(27-20)22(26)23-11-6-12-24(2)15-17-7-4-3-5-8-17/h3-5,7-10,13-14H,6,11-12,15H2,1-2H3,(H,23,26). The molecule has 27 heavy (non-hydrogen) atoms. The highest BCUT2D eigenvalue weighted by Crippen LogP contribution is 2.14. The molecule has 0 atom stereocenters. The summed E-state index contributed by atoms with van der Waals surface area (Å²) in [6.45, 7) is 4.16. The maximum atomic E-state index is 12.3. The zero-order valence-electron chi connectivity index (χ0n) is 15.7. The quantitative estimate of drug-likeness (QED) is 0.653. The molecule has 0 fully saturated rings. The summed E-state index contributed by atoms with van der Waals surface area (Å²) in [6, 6.07) is 16.9. The number of rotatable bonds is 7. The Morgan fingerprint density at radius 3 is 2.67 bits per heavy atom. The average molecular weight is 364 g/mol. The van der Waals surface area contributed by atoms with Crippen molar-refractivity contribution in [1.82, 2.24) is 10.2 Å². The second-order valence-electron chi connectivity index (χ2n) is 6.81. The van der Waals surface area contributed by atoms with Crippen LogP contribution in [0.3, 0.4) is 0 Å². The number of carbonyl (C=O) groups is 1. The van der Waals surface area contributed by atoms with Gasteiger partial charge in [-0.1, -0.05) is 42.0 Å². The Balaban J connectivity index is 1.51. The van der Waals surface area contributed by atoms with E-state index < -0.39 is 0 Å². The van der Waals surface area contributed by atoms with Crippen LogP contribution in [0, 0.1) is 6.92 Å². The summed E-state index contributed by atoms with van der Waals surface area (Å²) >= 11 is 0. The van der Waals surface area contributed by atoms with Crippen LogP contribution in [0.4, 0.5) is 0 Å². The van der Waals surface area contributed by atoms with E-state index in [1.54, 1.807) is 12.1 Å². The molecule has 0 saturated heterocycles. The van der Waals surface area contributed by atoms with Crippen molar-refractivity contribution in [3.63, 3.8) is 0 Å². The number of carbonyl (C=O) groups excluding carboxylic acids is 1. The summed E-state index contributed by atoms with van der Waals surface area (Å²) < 4.78 is 5.59. The van der Waals surface area contributed by atoms with Crippen LogP contribution in [0.15, 0.2) is 63.8 Å². The van der Waals surface area contributed by atoms with Gasteiger partial charge in [0.05, 0.1) is 5.39 Å². The molecule has 0 unspecified atom stereocenters. The highest BCUT2D eigenvalue weighted by molar-refractivity contribution is 5.93. The fraction of sp³-hybridized carbons (Fsp3) is 0.273. The summed E-state index contributed by atoms with van der Waals surface area (Å²) in [7, 11) is 2.05. The molecule has 0 spiro atoms. The third-order valence-electron chi connectivity index (χ3n) is 4.40. The summed E-state index contributed by atoms with van der Waals surface area (Å²) in [5, 5.41) is 3.32. The van der Waals surface area contributed by atoms with Crippen LogP contribution >= 0.6 is 0 Å². The number of hydrogen-bond donors (Lipinski definition) is 1. The number of nitrogens with one attached hydrogen (secondary N) is 1. The first kappa shape index (κ1) is 18.9. The van der Waals surface area contributed by atoms with Crippen LogP contribution in [0.5, 0.6) is 0 Å². The lowest BCUT2D eigenvalue weighted by atomic mass is 10.1. The molecule has 0 aliphatic carbocycles. The number of fused-ring (bicyclic) bond motifs is 1. The number of benzene rings is 2. The molecule has 0 saturated carbocycles. The predicted octanol–water partition coefficient (Wildman–Crippen LogP) is 3.35. The molecule has 3 rings (SSSR count). The minimum atomic E-state index is -0.361. The Morgan fingerprint density at radius 1 is 1.11 bits per heavy atom. The van der Waals surface area contributed by atoms with E-state index in [0.29, 0.717) is 17.5 Å². The van der Waals surface area contributed by atoms with Gasteiger partial charge in [-0.15, -0.1) is 0 Å². The van der Waals surface area contributed by atoms with Crippen molar-refractivity contribution in [2.75, 3.05) is 20.1 Å². The Labute approximate surface area is 158 Å². The van der Waals surface area contributed by atoms with Gasteiger partial charge in [0, 0.05) is 19.2 Å². The molecule has 5 nitrogen and oxygen atoms in total. The number of nitrogens with zero attached hydrogens (tertiary/aromatic N) is 1. The smallest absolute Gasteiger partial charge is 0.287 e. The van der Waals surface area contributed by atoms with Crippen molar-refractivity contribution in [3.8, 4) is 0 Å². The van der Waals surface area contributed by atoms with Crippen molar-refractivity contribution in [1.29, 1.82) is 0 Å². The second-order valence-corrected chi connectivity index (χ2v) is 6.81. The van der Waals surface area contributed by atoms with Gasteiger partial charge >= 0.3 is 0 Å². The van der Waals surface area contributed by atoms with Gasteiger partial charge in [-0.25, -0.2) is 0 Å². The van der Waals surface area contributed by atoms with E-state index >= 15 is 0 Å². The fourth-order valence-electron chi connectivity index (χ4n) is 2.99. The van der Waals surface area contributed by atoms with Crippen molar-refractivity contribution in [3.05, 3.63) is 81.7 Å². The molecule has 0 radical (unpaired) electrons. The normalized spacial score (nSPS) is 11.1.